The quantitative estimate of drug-likeness (QED) is 0.793. The van der Waals surface area contributed by atoms with Crippen molar-refractivity contribution in [2.75, 3.05) is 5.32 Å². The first kappa shape index (κ1) is 17.9. The van der Waals surface area contributed by atoms with Gasteiger partial charge in [0.1, 0.15) is 6.04 Å². The Morgan fingerprint density at radius 3 is 2.27 bits per heavy atom. The first-order valence-corrected chi connectivity index (χ1v) is 7.40. The van der Waals surface area contributed by atoms with Crippen molar-refractivity contribution < 1.29 is 14.4 Å². The largest absolute Gasteiger partial charge is 0.345 e. The van der Waals surface area contributed by atoms with Crippen LogP contribution in [0.3, 0.4) is 0 Å². The summed E-state index contributed by atoms with van der Waals surface area (Å²) in [5.74, 6) is -0.408. The topological polar surface area (TPSA) is 75.3 Å². The number of nitrogens with one attached hydrogen (secondary N) is 2. The van der Waals surface area contributed by atoms with Gasteiger partial charge in [-0.05, 0) is 37.8 Å². The number of carbonyl (C=O) groups is 3. The van der Waals surface area contributed by atoms with Crippen molar-refractivity contribution in [2.45, 2.75) is 47.1 Å². The Kier molecular flexibility index (Phi) is 6.28. The second-order valence-corrected chi connectivity index (χ2v) is 5.93. The summed E-state index contributed by atoms with van der Waals surface area (Å²) < 4.78 is 0. The lowest BCUT2D eigenvalue weighted by Crippen LogP contribution is -2.43. The zero-order chi connectivity index (χ0) is 16.9. The van der Waals surface area contributed by atoms with E-state index < -0.39 is 6.04 Å². The summed E-state index contributed by atoms with van der Waals surface area (Å²) >= 11 is 0. The molecule has 2 N–H and O–H groups in total. The molecule has 0 aliphatic carbocycles. The van der Waals surface area contributed by atoms with Gasteiger partial charge in [0.15, 0.2) is 5.78 Å². The second kappa shape index (κ2) is 7.73. The fraction of sp³-hybridized carbons (Fsp3) is 0.471. The molecule has 0 aromatic heterocycles. The highest BCUT2D eigenvalue weighted by molar-refractivity contribution is 6.06. The van der Waals surface area contributed by atoms with Gasteiger partial charge in [-0.2, -0.15) is 0 Å². The van der Waals surface area contributed by atoms with Gasteiger partial charge in [-0.25, -0.2) is 0 Å². The summed E-state index contributed by atoms with van der Waals surface area (Å²) in [6.07, 6.45) is 0.534. The number of ketones is 1. The van der Waals surface area contributed by atoms with Gasteiger partial charge >= 0.3 is 0 Å². The number of carbonyl (C=O) groups excluding carboxylic acids is 3. The number of benzene rings is 1. The van der Waals surface area contributed by atoms with Crippen molar-refractivity contribution in [1.82, 2.24) is 5.32 Å². The highest BCUT2D eigenvalue weighted by Crippen LogP contribution is 2.21. The molecule has 5 heteroatoms. The minimum atomic E-state index is -0.613. The summed E-state index contributed by atoms with van der Waals surface area (Å²) in [7, 11) is 0. The van der Waals surface area contributed by atoms with Crippen LogP contribution in [0.5, 0.6) is 0 Å². The molecule has 5 nitrogen and oxygen atoms in total. The number of aryl methyl sites for hydroxylation is 1. The van der Waals surface area contributed by atoms with Crippen molar-refractivity contribution in [3.8, 4) is 0 Å². The zero-order valence-corrected chi connectivity index (χ0v) is 13.8. The van der Waals surface area contributed by atoms with Gasteiger partial charge in [-0.15, -0.1) is 0 Å². The summed E-state index contributed by atoms with van der Waals surface area (Å²) in [6.45, 7) is 8.64. The molecular formula is C17H24N2O3. The van der Waals surface area contributed by atoms with E-state index in [2.05, 4.69) is 10.6 Å². The van der Waals surface area contributed by atoms with E-state index in [9.17, 15) is 14.4 Å². The van der Waals surface area contributed by atoms with Crippen LogP contribution in [0.15, 0.2) is 18.2 Å². The van der Waals surface area contributed by atoms with E-state index >= 15 is 0 Å². The molecule has 0 heterocycles. The molecule has 1 rings (SSSR count). The molecule has 0 aliphatic rings. The van der Waals surface area contributed by atoms with Crippen LogP contribution in [0.2, 0.25) is 0 Å². The second-order valence-electron chi connectivity index (χ2n) is 5.93. The molecule has 2 amide bonds. The van der Waals surface area contributed by atoms with Crippen LogP contribution in [-0.4, -0.2) is 23.6 Å². The van der Waals surface area contributed by atoms with Gasteiger partial charge in [-0.3, -0.25) is 14.4 Å². The number of hydrogen-bond acceptors (Lipinski definition) is 3. The van der Waals surface area contributed by atoms with Crippen LogP contribution in [-0.2, 0) is 9.59 Å². The fourth-order valence-corrected chi connectivity index (χ4v) is 2.41. The molecule has 1 aromatic rings. The third-order valence-corrected chi connectivity index (χ3v) is 3.28. The highest BCUT2D eigenvalue weighted by Gasteiger charge is 2.22. The summed E-state index contributed by atoms with van der Waals surface area (Å²) in [6, 6.07) is 4.69. The standard InChI is InChI=1S/C17H24N2O3/c1-10(2)9-15(18-13(5)21)17(22)19-14-8-6-7-11(3)16(14)12(4)20/h6-8,10,15H,9H2,1-5H3,(H,18,21)(H,19,22)/t15-/m0/s1. The molecule has 0 saturated heterocycles. The molecule has 0 spiro atoms. The minimum Gasteiger partial charge on any atom is -0.345 e. The normalized spacial score (nSPS) is 11.9. The first-order chi connectivity index (χ1) is 10.2. The molecule has 0 saturated carbocycles. The molecular weight excluding hydrogens is 280 g/mol. The Morgan fingerprint density at radius 2 is 1.77 bits per heavy atom. The molecule has 0 aliphatic heterocycles. The Balaban J connectivity index is 3.01. The van der Waals surface area contributed by atoms with E-state index in [0.717, 1.165) is 5.56 Å². The van der Waals surface area contributed by atoms with Crippen LogP contribution >= 0.6 is 0 Å². The van der Waals surface area contributed by atoms with Crippen LogP contribution in [0.1, 0.15) is 50.0 Å². The van der Waals surface area contributed by atoms with Gasteiger partial charge in [-0.1, -0.05) is 26.0 Å². The fourth-order valence-electron chi connectivity index (χ4n) is 2.41. The molecule has 22 heavy (non-hydrogen) atoms. The van der Waals surface area contributed by atoms with Crippen molar-refractivity contribution in [3.63, 3.8) is 0 Å². The van der Waals surface area contributed by atoms with Crippen molar-refractivity contribution in [1.29, 1.82) is 0 Å². The number of rotatable bonds is 6. The summed E-state index contributed by atoms with van der Waals surface area (Å²) in [5, 5.41) is 5.43. The van der Waals surface area contributed by atoms with E-state index in [4.69, 9.17) is 0 Å². The average Bonchev–Trinajstić information content (AvgIpc) is 2.36. The predicted molar refractivity (Wildman–Crippen MR) is 86.9 cm³/mol. The number of amides is 2. The van der Waals surface area contributed by atoms with Crippen molar-refractivity contribution in [2.24, 2.45) is 5.92 Å². The van der Waals surface area contributed by atoms with Crippen LogP contribution in [0, 0.1) is 12.8 Å². The molecule has 0 fully saturated rings. The number of anilines is 1. The Morgan fingerprint density at radius 1 is 1.14 bits per heavy atom. The summed E-state index contributed by atoms with van der Waals surface area (Å²) in [4.78, 5) is 35.5. The average molecular weight is 304 g/mol. The molecule has 1 atom stereocenters. The lowest BCUT2D eigenvalue weighted by molar-refractivity contribution is -0.125. The molecule has 1 aromatic carbocycles. The highest BCUT2D eigenvalue weighted by atomic mass is 16.2. The van der Waals surface area contributed by atoms with E-state index in [-0.39, 0.29) is 23.5 Å². The number of hydrogen-bond donors (Lipinski definition) is 2. The third kappa shape index (κ3) is 4.98. The van der Waals surface area contributed by atoms with E-state index in [1.165, 1.54) is 13.8 Å². The van der Waals surface area contributed by atoms with Gasteiger partial charge in [0, 0.05) is 12.5 Å². The Hall–Kier alpha value is -2.17. The lowest BCUT2D eigenvalue weighted by atomic mass is 10.0. The maximum atomic E-state index is 12.4. The third-order valence-electron chi connectivity index (χ3n) is 3.28. The SMILES string of the molecule is CC(=O)N[C@@H](CC(C)C)C(=O)Nc1cccc(C)c1C(C)=O. The van der Waals surface area contributed by atoms with E-state index in [1.807, 2.05) is 26.8 Å². The Bertz CT molecular complexity index is 579. The zero-order valence-electron chi connectivity index (χ0n) is 13.8. The molecule has 0 radical (unpaired) electrons. The molecule has 0 bridgehead atoms. The van der Waals surface area contributed by atoms with Crippen LogP contribution in [0.25, 0.3) is 0 Å². The van der Waals surface area contributed by atoms with E-state index in [0.29, 0.717) is 17.7 Å². The lowest BCUT2D eigenvalue weighted by Gasteiger charge is -2.20. The van der Waals surface area contributed by atoms with Gasteiger partial charge in [0.05, 0.1) is 5.69 Å². The van der Waals surface area contributed by atoms with Crippen molar-refractivity contribution in [3.05, 3.63) is 29.3 Å². The number of Topliss-reactive ketones (excluding diaryl/α,β-unsaturated/α-hetero) is 1. The maximum Gasteiger partial charge on any atom is 0.246 e. The summed E-state index contributed by atoms with van der Waals surface area (Å²) in [5.41, 5.74) is 1.80. The predicted octanol–water partition coefficient (Wildman–Crippen LogP) is 2.69. The monoisotopic (exact) mass is 304 g/mol. The first-order valence-electron chi connectivity index (χ1n) is 7.40. The van der Waals surface area contributed by atoms with Crippen LogP contribution < -0.4 is 10.6 Å². The molecule has 120 valence electrons. The smallest absolute Gasteiger partial charge is 0.246 e. The van der Waals surface area contributed by atoms with Crippen LogP contribution in [0.4, 0.5) is 5.69 Å². The molecule has 0 unspecified atom stereocenters. The minimum absolute atomic E-state index is 0.103. The van der Waals surface area contributed by atoms with E-state index in [1.54, 1.807) is 12.1 Å². The maximum absolute atomic E-state index is 12.4. The van der Waals surface area contributed by atoms with Gasteiger partial charge in [0.25, 0.3) is 0 Å². The van der Waals surface area contributed by atoms with Gasteiger partial charge in [0.2, 0.25) is 11.8 Å². The van der Waals surface area contributed by atoms with Gasteiger partial charge < -0.3 is 10.6 Å². The Labute approximate surface area is 131 Å². The van der Waals surface area contributed by atoms with Crippen molar-refractivity contribution >= 4 is 23.3 Å².